The van der Waals surface area contributed by atoms with Gasteiger partial charge in [0.25, 0.3) is 5.91 Å². The first kappa shape index (κ1) is 22.6. The van der Waals surface area contributed by atoms with E-state index in [-0.39, 0.29) is 23.5 Å². The molecule has 1 atom stereocenters. The Morgan fingerprint density at radius 2 is 1.88 bits per heavy atom. The fourth-order valence-electron chi connectivity index (χ4n) is 4.57. The molecule has 0 bridgehead atoms. The monoisotopic (exact) mass is 479 g/mol. The molecule has 2 aromatic heterocycles. The SMILES string of the molecule is Cc1cc(C)nc(-c2cn(-c3ccc(F)cc3)c3cc(C(=O)NC4CCS(O)(O)C4)ccc23)c1. The molecule has 6 nitrogen and oxygen atoms in total. The quantitative estimate of drug-likeness (QED) is 0.350. The highest BCUT2D eigenvalue weighted by atomic mass is 32.3. The fraction of sp³-hybridized carbons (Fsp3) is 0.231. The van der Waals surface area contributed by atoms with Crippen LogP contribution < -0.4 is 5.32 Å². The molecule has 5 rings (SSSR count). The zero-order valence-corrected chi connectivity index (χ0v) is 19.8. The number of nitrogens with one attached hydrogen (secondary N) is 1. The number of hydrogen-bond acceptors (Lipinski definition) is 4. The number of aryl methyl sites for hydroxylation is 2. The number of carbonyl (C=O) groups is 1. The van der Waals surface area contributed by atoms with Crippen LogP contribution in [-0.2, 0) is 0 Å². The lowest BCUT2D eigenvalue weighted by atomic mass is 10.1. The summed E-state index contributed by atoms with van der Waals surface area (Å²) in [4.78, 5) is 17.7. The molecule has 1 saturated heterocycles. The lowest BCUT2D eigenvalue weighted by Gasteiger charge is -2.26. The molecule has 0 aliphatic carbocycles. The van der Waals surface area contributed by atoms with Gasteiger partial charge in [-0.2, -0.15) is 10.6 Å². The summed E-state index contributed by atoms with van der Waals surface area (Å²) >= 11 is 0. The van der Waals surface area contributed by atoms with E-state index < -0.39 is 10.6 Å². The van der Waals surface area contributed by atoms with Crippen molar-refractivity contribution < 1.29 is 18.3 Å². The van der Waals surface area contributed by atoms with Crippen LogP contribution in [-0.4, -0.2) is 42.1 Å². The summed E-state index contributed by atoms with van der Waals surface area (Å²) in [5, 5.41) is 3.85. The average molecular weight is 480 g/mol. The van der Waals surface area contributed by atoms with Crippen LogP contribution in [0.15, 0.2) is 60.8 Å². The third kappa shape index (κ3) is 4.44. The van der Waals surface area contributed by atoms with Crippen LogP contribution in [0.1, 0.15) is 28.0 Å². The first-order valence-electron chi connectivity index (χ1n) is 11.1. The van der Waals surface area contributed by atoms with Crippen LogP contribution in [0, 0.1) is 19.7 Å². The number of benzene rings is 2. The largest absolute Gasteiger partial charge is 0.348 e. The number of hydrogen-bond donors (Lipinski definition) is 3. The minimum Gasteiger partial charge on any atom is -0.348 e. The number of fused-ring (bicyclic) bond motifs is 1. The highest BCUT2D eigenvalue weighted by molar-refractivity contribution is 8.24. The Labute approximate surface area is 198 Å². The minimum atomic E-state index is -2.60. The van der Waals surface area contributed by atoms with Crippen molar-refractivity contribution in [3.05, 3.63) is 83.4 Å². The summed E-state index contributed by atoms with van der Waals surface area (Å²) in [6.45, 7) is 3.98. The fourth-order valence-corrected chi connectivity index (χ4v) is 6.29. The molecule has 4 aromatic rings. The summed E-state index contributed by atoms with van der Waals surface area (Å²) in [6, 6.07) is 15.5. The van der Waals surface area contributed by atoms with Crippen molar-refractivity contribution in [1.29, 1.82) is 0 Å². The molecule has 176 valence electrons. The van der Waals surface area contributed by atoms with Gasteiger partial charge in [0.2, 0.25) is 0 Å². The maximum absolute atomic E-state index is 13.6. The summed E-state index contributed by atoms with van der Waals surface area (Å²) in [7, 11) is -2.60. The number of rotatable bonds is 4. The highest BCUT2D eigenvalue weighted by Crippen LogP contribution is 2.45. The predicted octanol–water partition coefficient (Wildman–Crippen LogP) is 5.70. The molecule has 2 aromatic carbocycles. The summed E-state index contributed by atoms with van der Waals surface area (Å²) in [6.07, 6.45) is 2.51. The van der Waals surface area contributed by atoms with Crippen LogP contribution in [0.5, 0.6) is 0 Å². The van der Waals surface area contributed by atoms with E-state index >= 15 is 0 Å². The zero-order chi connectivity index (χ0) is 24.0. The smallest absolute Gasteiger partial charge is 0.251 e. The van der Waals surface area contributed by atoms with Gasteiger partial charge in [-0.15, -0.1) is 0 Å². The Morgan fingerprint density at radius 1 is 1.12 bits per heavy atom. The van der Waals surface area contributed by atoms with E-state index in [0.29, 0.717) is 17.7 Å². The predicted molar refractivity (Wildman–Crippen MR) is 134 cm³/mol. The molecule has 34 heavy (non-hydrogen) atoms. The van der Waals surface area contributed by atoms with E-state index in [9.17, 15) is 18.3 Å². The lowest BCUT2D eigenvalue weighted by molar-refractivity contribution is 0.0941. The van der Waals surface area contributed by atoms with Crippen LogP contribution in [0.2, 0.25) is 0 Å². The van der Waals surface area contributed by atoms with Crippen molar-refractivity contribution in [3.8, 4) is 16.9 Å². The van der Waals surface area contributed by atoms with Crippen LogP contribution in [0.25, 0.3) is 27.8 Å². The molecule has 3 heterocycles. The van der Waals surface area contributed by atoms with Crippen molar-refractivity contribution in [3.63, 3.8) is 0 Å². The number of pyridine rings is 1. The van der Waals surface area contributed by atoms with Crippen molar-refractivity contribution in [2.24, 2.45) is 0 Å². The third-order valence-electron chi connectivity index (χ3n) is 6.14. The molecule has 1 fully saturated rings. The summed E-state index contributed by atoms with van der Waals surface area (Å²) in [5.74, 6) is -0.0764. The molecular weight excluding hydrogens is 453 g/mol. The van der Waals surface area contributed by atoms with E-state index in [2.05, 4.69) is 5.32 Å². The van der Waals surface area contributed by atoms with Crippen molar-refractivity contribution in [2.45, 2.75) is 26.3 Å². The van der Waals surface area contributed by atoms with Gasteiger partial charge in [-0.1, -0.05) is 6.07 Å². The topological polar surface area (TPSA) is 87.4 Å². The maximum atomic E-state index is 13.6. The van der Waals surface area contributed by atoms with Crippen LogP contribution >= 0.6 is 10.6 Å². The van der Waals surface area contributed by atoms with Gasteiger partial charge < -0.3 is 9.88 Å². The van der Waals surface area contributed by atoms with Gasteiger partial charge in [-0.3, -0.25) is 18.9 Å². The van der Waals surface area contributed by atoms with Crippen molar-refractivity contribution in [1.82, 2.24) is 14.9 Å². The summed E-state index contributed by atoms with van der Waals surface area (Å²) < 4.78 is 35.3. The number of amides is 1. The Morgan fingerprint density at radius 3 is 2.56 bits per heavy atom. The second-order valence-corrected chi connectivity index (χ2v) is 11.3. The molecule has 0 spiro atoms. The number of carbonyl (C=O) groups excluding carboxylic acids is 1. The van der Waals surface area contributed by atoms with E-state index in [0.717, 1.165) is 39.1 Å². The van der Waals surface area contributed by atoms with Crippen LogP contribution in [0.4, 0.5) is 4.39 Å². The minimum absolute atomic E-state index is 0.190. The molecule has 1 amide bonds. The molecule has 8 heteroatoms. The Bertz CT molecular complexity index is 1380. The zero-order valence-electron chi connectivity index (χ0n) is 19.0. The van der Waals surface area contributed by atoms with Gasteiger partial charge in [-0.05, 0) is 74.4 Å². The third-order valence-corrected chi connectivity index (χ3v) is 7.97. The van der Waals surface area contributed by atoms with Crippen LogP contribution in [0.3, 0.4) is 0 Å². The van der Waals surface area contributed by atoms with Gasteiger partial charge >= 0.3 is 0 Å². The molecule has 1 aliphatic rings. The van der Waals surface area contributed by atoms with Gasteiger partial charge in [0.1, 0.15) is 5.82 Å². The van der Waals surface area contributed by atoms with Crippen molar-refractivity contribution >= 4 is 27.4 Å². The van der Waals surface area contributed by atoms with Gasteiger partial charge in [-0.25, -0.2) is 4.39 Å². The first-order chi connectivity index (χ1) is 16.2. The molecule has 1 aliphatic heterocycles. The van der Waals surface area contributed by atoms with Gasteiger partial charge in [0.15, 0.2) is 0 Å². The standard InChI is InChI=1S/C26H26FN3O3S/c1-16-11-17(2)28-24(12-16)23-14-30(21-6-4-19(27)5-7-21)25-13-18(3-8-22(23)25)26(31)29-20-9-10-34(32,33)15-20/h3-8,11-14,20,32-33H,9-10,15H2,1-2H3,(H,29,31). The highest BCUT2D eigenvalue weighted by Gasteiger charge is 2.29. The Hall–Kier alpha value is -3.20. The maximum Gasteiger partial charge on any atom is 0.251 e. The van der Waals surface area contributed by atoms with Gasteiger partial charge in [0, 0.05) is 45.9 Å². The number of nitrogens with zero attached hydrogens (tertiary/aromatic N) is 2. The normalized spacial score (nSPS) is 18.2. The Kier molecular flexibility index (Phi) is 5.67. The first-order valence-corrected chi connectivity index (χ1v) is 13.0. The van der Waals surface area contributed by atoms with Gasteiger partial charge in [0.05, 0.1) is 17.0 Å². The average Bonchev–Trinajstić information content (AvgIpc) is 3.32. The van der Waals surface area contributed by atoms with E-state index in [1.807, 2.05) is 48.9 Å². The molecular formula is C26H26FN3O3S. The second kappa shape index (κ2) is 8.54. The van der Waals surface area contributed by atoms with E-state index in [1.54, 1.807) is 18.2 Å². The molecule has 0 saturated carbocycles. The molecule has 1 unspecified atom stereocenters. The van der Waals surface area contributed by atoms with E-state index in [4.69, 9.17) is 4.98 Å². The Balaban J connectivity index is 1.60. The summed E-state index contributed by atoms with van der Waals surface area (Å²) in [5.41, 5.74) is 5.80. The lowest BCUT2D eigenvalue weighted by Crippen LogP contribution is -2.35. The molecule has 3 N–H and O–H groups in total. The van der Waals surface area contributed by atoms with Crippen molar-refractivity contribution in [2.75, 3.05) is 11.5 Å². The van der Waals surface area contributed by atoms with E-state index in [1.165, 1.54) is 12.1 Å². The number of aromatic nitrogens is 2. The second-order valence-electron chi connectivity index (χ2n) is 8.92. The number of halogens is 1. The molecule has 0 radical (unpaired) electrons.